The lowest BCUT2D eigenvalue weighted by atomic mass is 10.1. The third-order valence-corrected chi connectivity index (χ3v) is 4.09. The number of nitrogens with zero attached hydrogens (tertiary/aromatic N) is 4. The van der Waals surface area contributed by atoms with Crippen molar-refractivity contribution in [2.24, 2.45) is 0 Å². The van der Waals surface area contributed by atoms with Gasteiger partial charge in [0.05, 0.1) is 5.69 Å². The molecule has 7 nitrogen and oxygen atoms in total. The number of fused-ring (bicyclic) bond motifs is 1. The van der Waals surface area contributed by atoms with E-state index < -0.39 is 0 Å². The lowest BCUT2D eigenvalue weighted by Gasteiger charge is -2.10. The Morgan fingerprint density at radius 3 is 2.79 bits per heavy atom. The molecule has 0 unspecified atom stereocenters. The van der Waals surface area contributed by atoms with Crippen LogP contribution in [0.1, 0.15) is 18.7 Å². The van der Waals surface area contributed by atoms with Crippen molar-refractivity contribution in [1.29, 1.82) is 0 Å². The van der Waals surface area contributed by atoms with Crippen LogP contribution in [0.5, 0.6) is 0 Å². The van der Waals surface area contributed by atoms with Gasteiger partial charge in [0, 0.05) is 17.9 Å². The maximum atomic E-state index is 12.1. The van der Waals surface area contributed by atoms with Gasteiger partial charge in [0.25, 0.3) is 5.91 Å². The highest BCUT2D eigenvalue weighted by Crippen LogP contribution is 2.21. The number of carbonyl (C=O) groups is 1. The second-order valence-corrected chi connectivity index (χ2v) is 5.80. The Bertz CT molecular complexity index is 882. The molecular weight excluding hydrogens is 306 g/mol. The van der Waals surface area contributed by atoms with Crippen molar-refractivity contribution >= 4 is 17.2 Å². The molecule has 3 aromatic rings. The molecule has 122 valence electrons. The maximum absolute atomic E-state index is 12.1. The van der Waals surface area contributed by atoms with Crippen molar-refractivity contribution in [3.63, 3.8) is 0 Å². The molecule has 1 fully saturated rings. The highest BCUT2D eigenvalue weighted by atomic mass is 16.5. The fourth-order valence-electron chi connectivity index (χ4n) is 2.78. The average molecular weight is 323 g/mol. The molecule has 1 aliphatic heterocycles. The molecule has 3 heterocycles. The van der Waals surface area contributed by atoms with Crippen LogP contribution >= 0.6 is 0 Å². The van der Waals surface area contributed by atoms with Gasteiger partial charge in [0.15, 0.2) is 11.5 Å². The van der Waals surface area contributed by atoms with Crippen LogP contribution in [0, 0.1) is 6.92 Å². The summed E-state index contributed by atoms with van der Waals surface area (Å²) in [6.45, 7) is 2.52. The zero-order valence-corrected chi connectivity index (χ0v) is 13.3. The number of ether oxygens (including phenoxy) is 1. The van der Waals surface area contributed by atoms with E-state index in [0.29, 0.717) is 6.61 Å². The van der Waals surface area contributed by atoms with Crippen molar-refractivity contribution in [2.45, 2.75) is 25.9 Å². The second kappa shape index (κ2) is 6.01. The van der Waals surface area contributed by atoms with Crippen molar-refractivity contribution < 1.29 is 9.53 Å². The molecule has 1 aliphatic rings. The predicted molar refractivity (Wildman–Crippen MR) is 88.6 cm³/mol. The lowest BCUT2D eigenvalue weighted by Crippen LogP contribution is -2.26. The predicted octanol–water partition coefficient (Wildman–Crippen LogP) is 2.22. The first-order chi connectivity index (χ1) is 11.7. The zero-order valence-electron chi connectivity index (χ0n) is 13.3. The van der Waals surface area contributed by atoms with Gasteiger partial charge in [-0.1, -0.05) is 12.1 Å². The Hall–Kier alpha value is -2.80. The standard InChI is InChI=1S/C17H17N5O2/c1-11-19-20-16-9-8-14(21-22(11)16)12-4-6-13(7-5-12)18-17(23)15-3-2-10-24-15/h4-9,15H,2-3,10H2,1H3,(H,18,23)/t15-/m0/s1. The third kappa shape index (κ3) is 2.74. The van der Waals surface area contributed by atoms with Gasteiger partial charge in [0.1, 0.15) is 6.10 Å². The van der Waals surface area contributed by atoms with Crippen LogP contribution < -0.4 is 5.32 Å². The summed E-state index contributed by atoms with van der Waals surface area (Å²) >= 11 is 0. The number of anilines is 1. The molecule has 0 aliphatic carbocycles. The van der Waals surface area contributed by atoms with Crippen molar-refractivity contribution in [2.75, 3.05) is 11.9 Å². The van der Waals surface area contributed by atoms with Gasteiger partial charge in [-0.25, -0.2) is 0 Å². The fourth-order valence-corrected chi connectivity index (χ4v) is 2.78. The van der Waals surface area contributed by atoms with E-state index in [2.05, 4.69) is 20.6 Å². The zero-order chi connectivity index (χ0) is 16.5. The molecule has 1 saturated heterocycles. The van der Waals surface area contributed by atoms with Crippen molar-refractivity contribution in [3.05, 3.63) is 42.2 Å². The topological polar surface area (TPSA) is 81.4 Å². The molecule has 2 aromatic heterocycles. The Morgan fingerprint density at radius 1 is 1.21 bits per heavy atom. The van der Waals surface area contributed by atoms with Crippen LogP contribution in [0.3, 0.4) is 0 Å². The molecule has 0 spiro atoms. The first kappa shape index (κ1) is 14.8. The number of aromatic nitrogens is 4. The minimum Gasteiger partial charge on any atom is -0.368 e. The van der Waals surface area contributed by atoms with Gasteiger partial charge in [-0.05, 0) is 44.0 Å². The van der Waals surface area contributed by atoms with E-state index in [1.54, 1.807) is 4.52 Å². The van der Waals surface area contributed by atoms with E-state index in [1.807, 2.05) is 43.3 Å². The SMILES string of the molecule is Cc1nnc2ccc(-c3ccc(NC(=O)[C@@H]4CCCO4)cc3)nn12. The minimum absolute atomic E-state index is 0.0834. The summed E-state index contributed by atoms with van der Waals surface area (Å²) in [6, 6.07) is 11.4. The summed E-state index contributed by atoms with van der Waals surface area (Å²) < 4.78 is 7.10. The molecule has 0 bridgehead atoms. The van der Waals surface area contributed by atoms with Gasteiger partial charge < -0.3 is 10.1 Å². The number of carbonyl (C=O) groups excluding carboxylic acids is 1. The Kier molecular flexibility index (Phi) is 3.70. The number of nitrogens with one attached hydrogen (secondary N) is 1. The van der Waals surface area contributed by atoms with Gasteiger partial charge in [-0.3, -0.25) is 4.79 Å². The van der Waals surface area contributed by atoms with Gasteiger partial charge in [0.2, 0.25) is 0 Å². The number of aryl methyl sites for hydroxylation is 1. The van der Waals surface area contributed by atoms with Crippen molar-refractivity contribution in [3.8, 4) is 11.3 Å². The fraction of sp³-hybridized carbons (Fsp3) is 0.294. The highest BCUT2D eigenvalue weighted by molar-refractivity contribution is 5.94. The third-order valence-electron chi connectivity index (χ3n) is 4.09. The van der Waals surface area contributed by atoms with Gasteiger partial charge in [-0.2, -0.15) is 9.61 Å². The Balaban J connectivity index is 1.53. The molecule has 4 rings (SSSR count). The molecule has 1 atom stereocenters. The van der Waals surface area contributed by atoms with Gasteiger partial charge >= 0.3 is 0 Å². The molecule has 1 aromatic carbocycles. The number of amides is 1. The first-order valence-electron chi connectivity index (χ1n) is 7.93. The van der Waals surface area contributed by atoms with Crippen LogP contribution in [0.4, 0.5) is 5.69 Å². The monoisotopic (exact) mass is 323 g/mol. The number of benzene rings is 1. The molecule has 24 heavy (non-hydrogen) atoms. The summed E-state index contributed by atoms with van der Waals surface area (Å²) in [7, 11) is 0. The summed E-state index contributed by atoms with van der Waals surface area (Å²) in [5.74, 6) is 0.659. The smallest absolute Gasteiger partial charge is 0.253 e. The molecule has 1 amide bonds. The van der Waals surface area contributed by atoms with E-state index >= 15 is 0 Å². The van der Waals surface area contributed by atoms with Gasteiger partial charge in [-0.15, -0.1) is 10.2 Å². The normalized spacial score (nSPS) is 17.3. The summed E-state index contributed by atoms with van der Waals surface area (Å²) in [6.07, 6.45) is 1.39. The summed E-state index contributed by atoms with van der Waals surface area (Å²) in [4.78, 5) is 12.1. The molecular formula is C17H17N5O2. The van der Waals surface area contributed by atoms with E-state index in [0.717, 1.165) is 41.3 Å². The largest absolute Gasteiger partial charge is 0.368 e. The quantitative estimate of drug-likeness (QED) is 0.799. The van der Waals surface area contributed by atoms with Crippen LogP contribution in [0.25, 0.3) is 16.9 Å². The van der Waals surface area contributed by atoms with E-state index in [1.165, 1.54) is 0 Å². The highest BCUT2D eigenvalue weighted by Gasteiger charge is 2.23. The molecule has 0 radical (unpaired) electrons. The van der Waals surface area contributed by atoms with E-state index in [-0.39, 0.29) is 12.0 Å². The average Bonchev–Trinajstić information content (AvgIpc) is 3.26. The van der Waals surface area contributed by atoms with Crippen LogP contribution in [0.15, 0.2) is 36.4 Å². The summed E-state index contributed by atoms with van der Waals surface area (Å²) in [5, 5.41) is 15.5. The van der Waals surface area contributed by atoms with E-state index in [4.69, 9.17) is 4.74 Å². The molecule has 7 heteroatoms. The van der Waals surface area contributed by atoms with Crippen LogP contribution in [-0.4, -0.2) is 38.4 Å². The lowest BCUT2D eigenvalue weighted by molar-refractivity contribution is -0.124. The summed E-state index contributed by atoms with van der Waals surface area (Å²) in [5.41, 5.74) is 3.25. The first-order valence-corrected chi connectivity index (χ1v) is 7.93. The van der Waals surface area contributed by atoms with E-state index in [9.17, 15) is 4.79 Å². The minimum atomic E-state index is -0.328. The Morgan fingerprint density at radius 2 is 2.04 bits per heavy atom. The second-order valence-electron chi connectivity index (χ2n) is 5.80. The maximum Gasteiger partial charge on any atom is 0.253 e. The Labute approximate surface area is 138 Å². The number of rotatable bonds is 3. The van der Waals surface area contributed by atoms with Crippen molar-refractivity contribution in [1.82, 2.24) is 19.8 Å². The van der Waals surface area contributed by atoms with Crippen LogP contribution in [-0.2, 0) is 9.53 Å². The van der Waals surface area contributed by atoms with Crippen LogP contribution in [0.2, 0.25) is 0 Å². The molecule has 0 saturated carbocycles. The molecule has 1 N–H and O–H groups in total. The number of hydrogen-bond donors (Lipinski definition) is 1. The number of hydrogen-bond acceptors (Lipinski definition) is 5.